The summed E-state index contributed by atoms with van der Waals surface area (Å²) in [5, 5.41) is 0. The molecule has 2 heterocycles. The van der Waals surface area contributed by atoms with Gasteiger partial charge in [-0.25, -0.2) is 0 Å². The summed E-state index contributed by atoms with van der Waals surface area (Å²) in [5.41, 5.74) is 0.237. The van der Waals surface area contributed by atoms with Crippen LogP contribution in [0.5, 0.6) is 0 Å². The molecule has 3 saturated carbocycles. The topological polar surface area (TPSA) is 55.4 Å². The van der Waals surface area contributed by atoms with Crippen molar-refractivity contribution >= 4 is 17.2 Å². The van der Waals surface area contributed by atoms with Gasteiger partial charge in [0.15, 0.2) is 0 Å². The zero-order valence-corrected chi connectivity index (χ0v) is 23.2. The third kappa shape index (κ3) is 6.54. The van der Waals surface area contributed by atoms with Crippen LogP contribution in [0.2, 0.25) is 0 Å². The van der Waals surface area contributed by atoms with E-state index in [0.29, 0.717) is 37.9 Å². The average Bonchev–Trinajstić information content (AvgIpc) is 2.89. The molecule has 196 valence electrons. The number of hydrogen-bond donors (Lipinski definition) is 0. The molecule has 0 N–H and O–H groups in total. The molecule has 0 radical (unpaired) electrons. The van der Waals surface area contributed by atoms with E-state index in [0.717, 1.165) is 37.5 Å². The number of rotatable bonds is 6. The maximum Gasteiger partial charge on any atom is 0.332 e. The third-order valence-corrected chi connectivity index (χ3v) is 11.6. The van der Waals surface area contributed by atoms with Crippen LogP contribution in [-0.2, 0) is 27.1 Å². The summed E-state index contributed by atoms with van der Waals surface area (Å²) in [4.78, 5) is 0. The first-order chi connectivity index (χ1) is 16.5. The van der Waals surface area contributed by atoms with Crippen LogP contribution < -0.4 is 0 Å². The highest BCUT2D eigenvalue weighted by Crippen LogP contribution is 2.56. The highest BCUT2D eigenvalue weighted by Gasteiger charge is 2.45. The van der Waals surface area contributed by atoms with Crippen LogP contribution in [-0.4, -0.2) is 38.6 Å². The molecule has 1 spiro atoms. The largest absolute Gasteiger partial charge is 0.332 e. The van der Waals surface area contributed by atoms with E-state index in [2.05, 4.69) is 13.8 Å². The summed E-state index contributed by atoms with van der Waals surface area (Å²) >= 11 is 0. The zero-order chi connectivity index (χ0) is 23.4. The molecule has 0 aromatic rings. The van der Waals surface area contributed by atoms with Gasteiger partial charge in [-0.2, -0.15) is 0 Å². The van der Waals surface area contributed by atoms with Crippen LogP contribution >= 0.6 is 17.2 Å². The van der Waals surface area contributed by atoms with E-state index in [4.69, 9.17) is 27.1 Å². The first-order valence-electron chi connectivity index (χ1n) is 14.0. The molecule has 3 aliphatic carbocycles. The molecule has 6 nitrogen and oxygen atoms in total. The molecule has 8 heteroatoms. The van der Waals surface area contributed by atoms with Crippen molar-refractivity contribution in [2.75, 3.05) is 26.4 Å². The summed E-state index contributed by atoms with van der Waals surface area (Å²) < 4.78 is 36.5. The monoisotopic (exact) mass is 516 g/mol. The van der Waals surface area contributed by atoms with Gasteiger partial charge < -0.3 is 27.1 Å². The van der Waals surface area contributed by atoms with Crippen molar-refractivity contribution in [2.24, 2.45) is 22.7 Å². The van der Waals surface area contributed by atoms with E-state index in [1.807, 2.05) is 0 Å². The minimum absolute atomic E-state index is 0.224. The van der Waals surface area contributed by atoms with Crippen molar-refractivity contribution in [3.05, 3.63) is 0 Å². The fourth-order valence-corrected chi connectivity index (χ4v) is 9.53. The van der Waals surface area contributed by atoms with Crippen molar-refractivity contribution in [1.82, 2.24) is 0 Å². The molecule has 0 amide bonds. The van der Waals surface area contributed by atoms with Crippen LogP contribution in [0.4, 0.5) is 0 Å². The van der Waals surface area contributed by atoms with Gasteiger partial charge in [0.2, 0.25) is 0 Å². The molecule has 0 unspecified atom stereocenters. The smallest absolute Gasteiger partial charge is 0.311 e. The maximum absolute atomic E-state index is 6.31. The summed E-state index contributed by atoms with van der Waals surface area (Å²) in [6, 6.07) is 0. The lowest BCUT2D eigenvalue weighted by Crippen LogP contribution is -2.45. The molecule has 5 rings (SSSR count). The Bertz CT molecular complexity index is 611. The van der Waals surface area contributed by atoms with Gasteiger partial charge in [-0.1, -0.05) is 52.4 Å². The average molecular weight is 517 g/mol. The lowest BCUT2D eigenvalue weighted by molar-refractivity contribution is -0.0848. The molecule has 0 atom stereocenters. The Morgan fingerprint density at radius 2 is 0.971 bits per heavy atom. The maximum atomic E-state index is 6.31. The van der Waals surface area contributed by atoms with E-state index in [1.165, 1.54) is 64.2 Å². The van der Waals surface area contributed by atoms with E-state index in [9.17, 15) is 0 Å². The van der Waals surface area contributed by atoms with Crippen LogP contribution in [0.1, 0.15) is 104 Å². The molecule has 2 saturated heterocycles. The van der Waals surface area contributed by atoms with Gasteiger partial charge in [-0.05, 0) is 68.6 Å². The molecule has 0 bridgehead atoms. The van der Waals surface area contributed by atoms with Gasteiger partial charge in [0.05, 0.1) is 44.1 Å². The lowest BCUT2D eigenvalue weighted by atomic mass is 9.61. The standard InChI is InChI=1S/C26H46O6P2/c1-25(2,21-9-5-3-6-10-21)22-13-15-24(16-14-22)32-34-29-19-26(20-30-34)17-27-33(28-18-26)31-23-11-7-4-8-12-23/h21-24H,3-20H2,1-2H3. The first-order valence-corrected chi connectivity index (χ1v) is 16.2. The lowest BCUT2D eigenvalue weighted by Gasteiger charge is -2.46. The Morgan fingerprint density at radius 1 is 0.559 bits per heavy atom. The second kappa shape index (κ2) is 12.0. The Kier molecular flexibility index (Phi) is 9.25. The highest BCUT2D eigenvalue weighted by atomic mass is 31.2. The predicted octanol–water partition coefficient (Wildman–Crippen LogP) is 8.05. The minimum atomic E-state index is -1.26. The van der Waals surface area contributed by atoms with Crippen LogP contribution in [0.15, 0.2) is 0 Å². The predicted molar refractivity (Wildman–Crippen MR) is 135 cm³/mol. The summed E-state index contributed by atoms with van der Waals surface area (Å²) in [6.45, 7) is 7.38. The van der Waals surface area contributed by atoms with E-state index >= 15 is 0 Å². The van der Waals surface area contributed by atoms with Gasteiger partial charge in [0.25, 0.3) is 0 Å². The number of hydrogen-bond acceptors (Lipinski definition) is 6. The van der Waals surface area contributed by atoms with Crippen LogP contribution in [0.25, 0.3) is 0 Å². The van der Waals surface area contributed by atoms with Gasteiger partial charge in [-0.3, -0.25) is 0 Å². The van der Waals surface area contributed by atoms with E-state index in [1.54, 1.807) is 0 Å². The molecule has 34 heavy (non-hydrogen) atoms. The van der Waals surface area contributed by atoms with Crippen molar-refractivity contribution in [2.45, 2.75) is 116 Å². The summed E-state index contributed by atoms with van der Waals surface area (Å²) in [6.07, 6.45) is 18.6. The Morgan fingerprint density at radius 3 is 1.47 bits per heavy atom. The molecule has 5 aliphatic rings. The fourth-order valence-electron chi connectivity index (χ4n) is 6.71. The van der Waals surface area contributed by atoms with Crippen molar-refractivity contribution in [3.8, 4) is 0 Å². The van der Waals surface area contributed by atoms with Gasteiger partial charge in [0, 0.05) is 0 Å². The quantitative estimate of drug-likeness (QED) is 0.333. The fraction of sp³-hybridized carbons (Fsp3) is 1.00. The second-order valence-corrected chi connectivity index (χ2v) is 14.5. The van der Waals surface area contributed by atoms with Crippen LogP contribution in [0, 0.1) is 22.7 Å². The summed E-state index contributed by atoms with van der Waals surface area (Å²) in [5.74, 6) is 1.73. The molecule has 5 fully saturated rings. The first kappa shape index (κ1) is 26.2. The molecular weight excluding hydrogens is 470 g/mol. The zero-order valence-electron chi connectivity index (χ0n) is 21.4. The second-order valence-electron chi connectivity index (χ2n) is 12.1. The molecule has 0 aromatic heterocycles. The molecule has 2 aliphatic heterocycles. The van der Waals surface area contributed by atoms with Crippen molar-refractivity contribution < 1.29 is 27.1 Å². The van der Waals surface area contributed by atoms with Crippen molar-refractivity contribution in [1.29, 1.82) is 0 Å². The van der Waals surface area contributed by atoms with E-state index < -0.39 is 17.2 Å². The van der Waals surface area contributed by atoms with Crippen LogP contribution in [0.3, 0.4) is 0 Å². The van der Waals surface area contributed by atoms with Gasteiger partial charge in [-0.15, -0.1) is 0 Å². The van der Waals surface area contributed by atoms with E-state index in [-0.39, 0.29) is 11.5 Å². The summed E-state index contributed by atoms with van der Waals surface area (Å²) in [7, 11) is -2.49. The Labute approximate surface area is 209 Å². The third-order valence-electron chi connectivity index (χ3n) is 9.31. The molecule has 0 aromatic carbocycles. The normalized spacial score (nSPS) is 39.4. The highest BCUT2D eigenvalue weighted by molar-refractivity contribution is 7.42. The van der Waals surface area contributed by atoms with Gasteiger partial charge in [0.1, 0.15) is 0 Å². The SMILES string of the molecule is CC(C)(C1CCCCC1)C1CCC(OP2OCC3(COP(OC4CCCCC4)OC3)CO2)CC1. The minimum Gasteiger partial charge on any atom is -0.311 e. The molecular formula is C26H46O6P2. The van der Waals surface area contributed by atoms with Crippen molar-refractivity contribution in [3.63, 3.8) is 0 Å². The Balaban J connectivity index is 1.00. The Hall–Kier alpha value is 0.620. The van der Waals surface area contributed by atoms with Gasteiger partial charge >= 0.3 is 17.2 Å².